The molecule has 0 aromatic carbocycles. The zero-order valence-electron chi connectivity index (χ0n) is 8.17. The van der Waals surface area contributed by atoms with Crippen molar-refractivity contribution in [1.29, 1.82) is 0 Å². The molecule has 0 aliphatic heterocycles. The second-order valence-corrected chi connectivity index (χ2v) is 6.20. The highest BCUT2D eigenvalue weighted by molar-refractivity contribution is 7.81. The van der Waals surface area contributed by atoms with Crippen molar-refractivity contribution in [3.8, 4) is 0 Å². The molecular weight excluding hydrogens is 166 g/mol. The first-order valence-electron chi connectivity index (χ1n) is 4.97. The summed E-state index contributed by atoms with van der Waals surface area (Å²) in [6, 6.07) is 0.748. The van der Waals surface area contributed by atoms with Crippen molar-refractivity contribution in [2.24, 2.45) is 17.8 Å². The van der Waals surface area contributed by atoms with Crippen LogP contribution in [0, 0.1) is 17.8 Å². The minimum Gasteiger partial charge on any atom is -0.300 e. The molecule has 0 heterocycles. The number of rotatable bonds is 2. The Morgan fingerprint density at radius 2 is 1.92 bits per heavy atom. The van der Waals surface area contributed by atoms with Gasteiger partial charge in [0.05, 0.1) is 4.87 Å². The van der Waals surface area contributed by atoms with Crippen molar-refractivity contribution in [2.75, 3.05) is 0 Å². The SMILES string of the molecule is CC1CC(NC(C)(C)S)C2CC12. The Balaban J connectivity index is 1.91. The summed E-state index contributed by atoms with van der Waals surface area (Å²) in [6.07, 6.45) is 2.82. The Morgan fingerprint density at radius 1 is 1.25 bits per heavy atom. The van der Waals surface area contributed by atoms with Crippen molar-refractivity contribution in [3.05, 3.63) is 0 Å². The molecule has 0 radical (unpaired) electrons. The zero-order valence-corrected chi connectivity index (χ0v) is 9.07. The van der Waals surface area contributed by atoms with Gasteiger partial charge in [0.1, 0.15) is 0 Å². The van der Waals surface area contributed by atoms with E-state index >= 15 is 0 Å². The van der Waals surface area contributed by atoms with Gasteiger partial charge in [-0.05, 0) is 44.4 Å². The lowest BCUT2D eigenvalue weighted by Crippen LogP contribution is -2.42. The van der Waals surface area contributed by atoms with E-state index in [1.807, 2.05) is 0 Å². The molecule has 2 saturated carbocycles. The summed E-state index contributed by atoms with van der Waals surface area (Å²) >= 11 is 4.51. The van der Waals surface area contributed by atoms with Crippen LogP contribution >= 0.6 is 12.6 Å². The first kappa shape index (κ1) is 8.89. The molecule has 2 heteroatoms. The number of fused-ring (bicyclic) bond motifs is 1. The van der Waals surface area contributed by atoms with Crippen molar-refractivity contribution >= 4 is 12.6 Å². The summed E-state index contributed by atoms with van der Waals surface area (Å²) in [4.78, 5) is 0.00185. The first-order chi connectivity index (χ1) is 5.47. The smallest absolute Gasteiger partial charge is 0.0560 e. The van der Waals surface area contributed by atoms with Crippen LogP contribution < -0.4 is 5.32 Å². The molecule has 0 aromatic rings. The Morgan fingerprint density at radius 3 is 2.25 bits per heavy atom. The Bertz CT molecular complexity index is 185. The molecule has 2 aliphatic carbocycles. The standard InChI is InChI=1S/C10H19NS/c1-6-4-9(8-5-7(6)8)11-10(2,3)12/h6-9,11-12H,4-5H2,1-3H3. The maximum absolute atomic E-state index is 4.51. The summed E-state index contributed by atoms with van der Waals surface area (Å²) in [6.45, 7) is 6.66. The maximum atomic E-state index is 4.51. The lowest BCUT2D eigenvalue weighted by molar-refractivity contribution is 0.390. The average Bonchev–Trinajstić information content (AvgIpc) is 2.54. The van der Waals surface area contributed by atoms with E-state index in [9.17, 15) is 0 Å². The maximum Gasteiger partial charge on any atom is 0.0560 e. The molecule has 0 saturated heterocycles. The Labute approximate surface area is 80.7 Å². The average molecular weight is 185 g/mol. The van der Waals surface area contributed by atoms with E-state index in [2.05, 4.69) is 38.7 Å². The quantitative estimate of drug-likeness (QED) is 0.497. The van der Waals surface area contributed by atoms with Crippen LogP contribution in [0.2, 0.25) is 0 Å². The van der Waals surface area contributed by atoms with Crippen LogP contribution in [0.1, 0.15) is 33.6 Å². The van der Waals surface area contributed by atoms with Gasteiger partial charge in [-0.1, -0.05) is 6.92 Å². The predicted octanol–water partition coefficient (Wildman–Crippen LogP) is 2.29. The van der Waals surface area contributed by atoms with Crippen LogP contribution in [0.15, 0.2) is 0 Å². The third-order valence-electron chi connectivity index (χ3n) is 3.30. The molecule has 2 aliphatic rings. The molecule has 0 spiro atoms. The van der Waals surface area contributed by atoms with Crippen LogP contribution in [-0.4, -0.2) is 10.9 Å². The zero-order chi connectivity index (χ0) is 8.93. The fourth-order valence-electron chi connectivity index (χ4n) is 2.72. The van der Waals surface area contributed by atoms with Crippen LogP contribution in [0.3, 0.4) is 0 Å². The minimum atomic E-state index is 0.00185. The highest BCUT2D eigenvalue weighted by atomic mass is 32.1. The molecule has 2 rings (SSSR count). The lowest BCUT2D eigenvalue weighted by Gasteiger charge is -2.26. The van der Waals surface area contributed by atoms with E-state index in [-0.39, 0.29) is 4.87 Å². The van der Waals surface area contributed by atoms with Crippen molar-refractivity contribution in [2.45, 2.75) is 44.5 Å². The largest absolute Gasteiger partial charge is 0.300 e. The van der Waals surface area contributed by atoms with Gasteiger partial charge < -0.3 is 5.32 Å². The second kappa shape index (κ2) is 2.65. The predicted molar refractivity (Wildman–Crippen MR) is 55.4 cm³/mol. The van der Waals surface area contributed by atoms with Gasteiger partial charge in [0.15, 0.2) is 0 Å². The molecule has 4 atom stereocenters. The Hall–Kier alpha value is 0.310. The van der Waals surface area contributed by atoms with E-state index in [0.717, 1.165) is 23.8 Å². The summed E-state index contributed by atoms with van der Waals surface area (Å²) < 4.78 is 0. The molecule has 0 aromatic heterocycles. The second-order valence-electron chi connectivity index (χ2n) is 5.09. The molecule has 0 amide bonds. The number of nitrogens with one attached hydrogen (secondary N) is 1. The highest BCUT2D eigenvalue weighted by Gasteiger charge is 2.52. The van der Waals surface area contributed by atoms with E-state index in [4.69, 9.17) is 0 Å². The van der Waals surface area contributed by atoms with E-state index in [1.54, 1.807) is 0 Å². The van der Waals surface area contributed by atoms with Crippen molar-refractivity contribution in [1.82, 2.24) is 5.32 Å². The van der Waals surface area contributed by atoms with Gasteiger partial charge in [-0.15, -0.1) is 0 Å². The fourth-order valence-corrected chi connectivity index (χ4v) is 2.89. The van der Waals surface area contributed by atoms with Gasteiger partial charge in [-0.25, -0.2) is 0 Å². The summed E-state index contributed by atoms with van der Waals surface area (Å²) in [5, 5.41) is 3.60. The third-order valence-corrected chi connectivity index (χ3v) is 3.43. The van der Waals surface area contributed by atoms with Gasteiger partial charge >= 0.3 is 0 Å². The van der Waals surface area contributed by atoms with Crippen molar-refractivity contribution in [3.63, 3.8) is 0 Å². The molecule has 4 unspecified atom stereocenters. The lowest BCUT2D eigenvalue weighted by atomic mass is 10.0. The van der Waals surface area contributed by atoms with Gasteiger partial charge in [0.2, 0.25) is 0 Å². The van der Waals surface area contributed by atoms with Gasteiger partial charge in [-0.3, -0.25) is 0 Å². The van der Waals surface area contributed by atoms with E-state index in [1.165, 1.54) is 12.8 Å². The number of thiol groups is 1. The molecule has 0 bridgehead atoms. The normalized spacial score (nSPS) is 46.0. The van der Waals surface area contributed by atoms with E-state index < -0.39 is 0 Å². The fraction of sp³-hybridized carbons (Fsp3) is 1.00. The van der Waals surface area contributed by atoms with Crippen LogP contribution in [0.25, 0.3) is 0 Å². The topological polar surface area (TPSA) is 12.0 Å². The van der Waals surface area contributed by atoms with Crippen LogP contribution in [0.5, 0.6) is 0 Å². The monoisotopic (exact) mass is 185 g/mol. The Kier molecular flexibility index (Phi) is 1.96. The van der Waals surface area contributed by atoms with Gasteiger partial charge in [-0.2, -0.15) is 12.6 Å². The van der Waals surface area contributed by atoms with Gasteiger partial charge in [0, 0.05) is 6.04 Å². The highest BCUT2D eigenvalue weighted by Crippen LogP contribution is 2.55. The van der Waals surface area contributed by atoms with E-state index in [0.29, 0.717) is 0 Å². The molecule has 1 nitrogen and oxygen atoms in total. The summed E-state index contributed by atoms with van der Waals surface area (Å²) in [7, 11) is 0. The molecular formula is C10H19NS. The molecule has 1 N–H and O–H groups in total. The van der Waals surface area contributed by atoms with Crippen LogP contribution in [0.4, 0.5) is 0 Å². The van der Waals surface area contributed by atoms with Gasteiger partial charge in [0.25, 0.3) is 0 Å². The molecule has 2 fully saturated rings. The third kappa shape index (κ3) is 1.64. The first-order valence-corrected chi connectivity index (χ1v) is 5.42. The number of hydrogen-bond donors (Lipinski definition) is 2. The minimum absolute atomic E-state index is 0.00185. The summed E-state index contributed by atoms with van der Waals surface area (Å²) in [5.41, 5.74) is 0. The van der Waals surface area contributed by atoms with Crippen LogP contribution in [-0.2, 0) is 0 Å². The van der Waals surface area contributed by atoms with Crippen molar-refractivity contribution < 1.29 is 0 Å². The molecule has 12 heavy (non-hydrogen) atoms. The number of hydrogen-bond acceptors (Lipinski definition) is 2. The summed E-state index contributed by atoms with van der Waals surface area (Å²) in [5.74, 6) is 2.97. The molecule has 70 valence electrons.